The molecule has 118 valence electrons. The zero-order valence-corrected chi connectivity index (χ0v) is 11.7. The Bertz CT molecular complexity index is 455. The fourth-order valence-electron chi connectivity index (χ4n) is 2.60. The molecule has 0 heterocycles. The van der Waals surface area contributed by atoms with Gasteiger partial charge in [-0.05, 0) is 26.7 Å². The van der Waals surface area contributed by atoms with Crippen molar-refractivity contribution in [3.8, 4) is 0 Å². The molecule has 4 atom stereocenters. The van der Waals surface area contributed by atoms with Gasteiger partial charge in [-0.3, -0.25) is 19.2 Å². The molecule has 0 saturated heterocycles. The molecular formula is C13H18O8. The molecule has 1 fully saturated rings. The summed E-state index contributed by atoms with van der Waals surface area (Å²) in [7, 11) is 0. The predicted octanol–water partition coefficient (Wildman–Crippen LogP) is 0.450. The summed E-state index contributed by atoms with van der Waals surface area (Å²) >= 11 is 0. The Hall–Kier alpha value is -2.12. The first-order valence-electron chi connectivity index (χ1n) is 6.54. The van der Waals surface area contributed by atoms with E-state index in [4.69, 9.17) is 20.1 Å². The monoisotopic (exact) mass is 302 g/mol. The van der Waals surface area contributed by atoms with Crippen LogP contribution in [-0.4, -0.2) is 45.3 Å². The van der Waals surface area contributed by atoms with Crippen molar-refractivity contribution in [2.45, 2.75) is 32.8 Å². The van der Waals surface area contributed by atoms with Gasteiger partial charge in [0.2, 0.25) is 0 Å². The lowest BCUT2D eigenvalue weighted by atomic mass is 9.68. The van der Waals surface area contributed by atoms with Gasteiger partial charge in [-0.1, -0.05) is 0 Å². The van der Waals surface area contributed by atoms with Gasteiger partial charge in [0.1, 0.15) is 0 Å². The molecule has 8 nitrogen and oxygen atoms in total. The summed E-state index contributed by atoms with van der Waals surface area (Å²) in [4.78, 5) is 45.5. The zero-order valence-electron chi connectivity index (χ0n) is 11.7. The van der Waals surface area contributed by atoms with Crippen molar-refractivity contribution in [2.75, 3.05) is 0 Å². The molecule has 1 aliphatic carbocycles. The average molecular weight is 302 g/mol. The molecule has 1 aliphatic rings. The summed E-state index contributed by atoms with van der Waals surface area (Å²) in [6, 6.07) is 0. The number of carboxylic acids is 3. The molecule has 1 saturated carbocycles. The summed E-state index contributed by atoms with van der Waals surface area (Å²) in [5.74, 6) is -9.88. The molecule has 0 aromatic carbocycles. The van der Waals surface area contributed by atoms with Crippen molar-refractivity contribution in [3.63, 3.8) is 0 Å². The predicted molar refractivity (Wildman–Crippen MR) is 67.3 cm³/mol. The highest BCUT2D eigenvalue weighted by Gasteiger charge is 2.49. The Morgan fingerprint density at radius 2 is 1.14 bits per heavy atom. The maximum atomic E-state index is 11.9. The van der Waals surface area contributed by atoms with Gasteiger partial charge in [0.15, 0.2) is 0 Å². The van der Waals surface area contributed by atoms with Crippen LogP contribution < -0.4 is 0 Å². The van der Waals surface area contributed by atoms with Gasteiger partial charge in [0.25, 0.3) is 0 Å². The third kappa shape index (κ3) is 3.93. The van der Waals surface area contributed by atoms with E-state index in [2.05, 4.69) is 0 Å². The van der Waals surface area contributed by atoms with Crippen molar-refractivity contribution < 1.29 is 39.2 Å². The highest BCUT2D eigenvalue weighted by Crippen LogP contribution is 2.39. The number of hydrogen-bond donors (Lipinski definition) is 3. The van der Waals surface area contributed by atoms with Crippen molar-refractivity contribution >= 4 is 23.9 Å². The van der Waals surface area contributed by atoms with Gasteiger partial charge < -0.3 is 20.1 Å². The Kier molecular flexibility index (Phi) is 5.28. The van der Waals surface area contributed by atoms with Crippen LogP contribution in [0.4, 0.5) is 0 Å². The van der Waals surface area contributed by atoms with E-state index in [1.807, 2.05) is 0 Å². The summed E-state index contributed by atoms with van der Waals surface area (Å²) in [6.45, 7) is 3.18. The van der Waals surface area contributed by atoms with Gasteiger partial charge in [0, 0.05) is 0 Å². The second-order valence-corrected chi connectivity index (χ2v) is 5.40. The molecule has 21 heavy (non-hydrogen) atoms. The third-order valence-corrected chi connectivity index (χ3v) is 3.59. The van der Waals surface area contributed by atoms with E-state index in [-0.39, 0.29) is 6.42 Å². The van der Waals surface area contributed by atoms with Crippen LogP contribution in [0.3, 0.4) is 0 Å². The van der Waals surface area contributed by atoms with Crippen LogP contribution in [0, 0.1) is 23.7 Å². The van der Waals surface area contributed by atoms with E-state index in [1.165, 1.54) is 0 Å². The minimum Gasteiger partial charge on any atom is -0.481 e. The average Bonchev–Trinajstić information content (AvgIpc) is 2.35. The molecule has 0 radical (unpaired) electrons. The second-order valence-electron chi connectivity index (χ2n) is 5.40. The number of ether oxygens (including phenoxy) is 1. The largest absolute Gasteiger partial charge is 0.481 e. The van der Waals surface area contributed by atoms with Crippen LogP contribution >= 0.6 is 0 Å². The molecule has 0 bridgehead atoms. The normalized spacial score (nSPS) is 28.9. The van der Waals surface area contributed by atoms with Crippen LogP contribution in [0.15, 0.2) is 0 Å². The van der Waals surface area contributed by atoms with Gasteiger partial charge in [0.05, 0.1) is 29.8 Å². The van der Waals surface area contributed by atoms with Crippen molar-refractivity contribution in [1.82, 2.24) is 0 Å². The van der Waals surface area contributed by atoms with Gasteiger partial charge >= 0.3 is 23.9 Å². The summed E-state index contributed by atoms with van der Waals surface area (Å²) in [5, 5.41) is 27.3. The third-order valence-electron chi connectivity index (χ3n) is 3.59. The van der Waals surface area contributed by atoms with E-state index >= 15 is 0 Å². The quantitative estimate of drug-likeness (QED) is 0.622. The molecule has 0 spiro atoms. The standard InChI is InChI=1S/C13H18O8/c1-5(2)21-13(20)9-4-7(11(16)17)6(10(14)15)3-8(9)12(18)19/h5-9H,3-4H2,1-2H3,(H,14,15)(H,16,17)(H,18,19). The fraction of sp³-hybridized carbons (Fsp3) is 0.692. The number of carbonyl (C=O) groups excluding carboxylic acids is 1. The molecule has 0 amide bonds. The first-order valence-corrected chi connectivity index (χ1v) is 6.54. The topological polar surface area (TPSA) is 138 Å². The Morgan fingerprint density at radius 1 is 0.810 bits per heavy atom. The summed E-state index contributed by atoms with van der Waals surface area (Å²) in [6.07, 6.45) is -1.22. The Balaban J connectivity index is 3.05. The maximum Gasteiger partial charge on any atom is 0.310 e. The minimum absolute atomic E-state index is 0.352. The van der Waals surface area contributed by atoms with E-state index in [9.17, 15) is 19.2 Å². The number of esters is 1. The molecule has 0 aliphatic heterocycles. The molecule has 0 aromatic heterocycles. The molecule has 1 rings (SSSR count). The number of carbonyl (C=O) groups is 4. The van der Waals surface area contributed by atoms with Crippen molar-refractivity contribution in [1.29, 1.82) is 0 Å². The number of carboxylic acid groups (broad SMARTS) is 3. The van der Waals surface area contributed by atoms with Gasteiger partial charge in [-0.25, -0.2) is 0 Å². The molecular weight excluding hydrogens is 284 g/mol. The lowest BCUT2D eigenvalue weighted by molar-refractivity contribution is -0.171. The lowest BCUT2D eigenvalue weighted by Crippen LogP contribution is -2.45. The zero-order chi connectivity index (χ0) is 16.3. The van der Waals surface area contributed by atoms with Gasteiger partial charge in [-0.15, -0.1) is 0 Å². The van der Waals surface area contributed by atoms with E-state index < -0.39 is 60.1 Å². The van der Waals surface area contributed by atoms with Crippen LogP contribution in [0.1, 0.15) is 26.7 Å². The highest BCUT2D eigenvalue weighted by atomic mass is 16.5. The van der Waals surface area contributed by atoms with Crippen LogP contribution in [-0.2, 0) is 23.9 Å². The smallest absolute Gasteiger partial charge is 0.310 e. The van der Waals surface area contributed by atoms with Crippen LogP contribution in [0.25, 0.3) is 0 Å². The van der Waals surface area contributed by atoms with Crippen LogP contribution in [0.2, 0.25) is 0 Å². The summed E-state index contributed by atoms with van der Waals surface area (Å²) in [5.41, 5.74) is 0. The maximum absolute atomic E-state index is 11.9. The first kappa shape index (κ1) is 16.9. The van der Waals surface area contributed by atoms with Crippen molar-refractivity contribution in [2.24, 2.45) is 23.7 Å². The number of rotatable bonds is 5. The second kappa shape index (κ2) is 6.55. The van der Waals surface area contributed by atoms with Gasteiger partial charge in [-0.2, -0.15) is 0 Å². The fourth-order valence-corrected chi connectivity index (χ4v) is 2.60. The minimum atomic E-state index is -1.37. The van der Waals surface area contributed by atoms with E-state index in [1.54, 1.807) is 13.8 Å². The number of hydrogen-bond acceptors (Lipinski definition) is 5. The van der Waals surface area contributed by atoms with Crippen molar-refractivity contribution in [3.05, 3.63) is 0 Å². The van der Waals surface area contributed by atoms with E-state index in [0.717, 1.165) is 0 Å². The Morgan fingerprint density at radius 3 is 1.48 bits per heavy atom. The highest BCUT2D eigenvalue weighted by molar-refractivity contribution is 5.86. The number of aliphatic carboxylic acids is 3. The molecule has 3 N–H and O–H groups in total. The molecule has 0 aromatic rings. The summed E-state index contributed by atoms with van der Waals surface area (Å²) < 4.78 is 4.95. The van der Waals surface area contributed by atoms with E-state index in [0.29, 0.717) is 0 Å². The Labute approximate surface area is 120 Å². The first-order chi connectivity index (χ1) is 9.65. The van der Waals surface area contributed by atoms with Crippen LogP contribution in [0.5, 0.6) is 0 Å². The molecule has 8 heteroatoms. The lowest BCUT2D eigenvalue weighted by Gasteiger charge is -2.34. The SMILES string of the molecule is CC(C)OC(=O)C1CC(C(=O)O)C(C(=O)O)CC1C(=O)O. The molecule has 4 unspecified atom stereocenters.